The molecule has 0 amide bonds. The van der Waals surface area contributed by atoms with Crippen LogP contribution in [0.2, 0.25) is 0 Å². The zero-order valence-electron chi connectivity index (χ0n) is 8.91. The van der Waals surface area contributed by atoms with E-state index in [1.807, 2.05) is 0 Å². The van der Waals surface area contributed by atoms with Gasteiger partial charge in [0.2, 0.25) is 0 Å². The Hall–Kier alpha value is -0.240. The van der Waals surface area contributed by atoms with Gasteiger partial charge >= 0.3 is 0 Å². The third-order valence-electron chi connectivity index (χ3n) is 2.33. The van der Waals surface area contributed by atoms with Crippen molar-refractivity contribution in [2.45, 2.75) is 50.6 Å². The summed E-state index contributed by atoms with van der Waals surface area (Å²) in [4.78, 5) is 0. The van der Waals surface area contributed by atoms with E-state index in [0.29, 0.717) is 0 Å². The lowest BCUT2D eigenvalue weighted by Crippen LogP contribution is -2.57. The van der Waals surface area contributed by atoms with E-state index in [4.69, 9.17) is 15.2 Å². The number of hydrogen-bond donors (Lipinski definition) is 4. The summed E-state index contributed by atoms with van der Waals surface area (Å²) in [5, 5.41) is 28.4. The zero-order chi connectivity index (χ0) is 11.6. The van der Waals surface area contributed by atoms with Crippen LogP contribution in [0.5, 0.6) is 0 Å². The Bertz CT molecular complexity index is 201. The third-order valence-corrected chi connectivity index (χ3v) is 2.33. The molecule has 0 aromatic carbocycles. The van der Waals surface area contributed by atoms with E-state index in [0.717, 1.165) is 0 Å². The summed E-state index contributed by atoms with van der Waals surface area (Å²) in [7, 11) is 0. The molecule has 1 aliphatic rings. The highest BCUT2D eigenvalue weighted by Gasteiger charge is 2.42. The van der Waals surface area contributed by atoms with Crippen LogP contribution < -0.4 is 5.73 Å². The van der Waals surface area contributed by atoms with Crippen molar-refractivity contribution < 1.29 is 24.8 Å². The Morgan fingerprint density at radius 3 is 2.40 bits per heavy atom. The Morgan fingerprint density at radius 2 is 1.87 bits per heavy atom. The van der Waals surface area contributed by atoms with Crippen molar-refractivity contribution in [3.63, 3.8) is 0 Å². The van der Waals surface area contributed by atoms with Crippen molar-refractivity contribution in [1.29, 1.82) is 0 Å². The second kappa shape index (κ2) is 5.20. The molecule has 0 saturated carbocycles. The van der Waals surface area contributed by atoms with E-state index in [1.54, 1.807) is 13.8 Å². The molecule has 6 atom stereocenters. The third kappa shape index (κ3) is 3.10. The highest BCUT2D eigenvalue weighted by atomic mass is 16.7. The number of aliphatic hydroxyl groups is 3. The molecule has 1 heterocycles. The summed E-state index contributed by atoms with van der Waals surface area (Å²) in [5.74, 6) is 0. The van der Waals surface area contributed by atoms with Gasteiger partial charge < -0.3 is 30.5 Å². The second-order valence-electron chi connectivity index (χ2n) is 3.99. The summed E-state index contributed by atoms with van der Waals surface area (Å²) in [5.41, 5.74) is 5.48. The van der Waals surface area contributed by atoms with E-state index >= 15 is 0 Å². The zero-order valence-corrected chi connectivity index (χ0v) is 8.91. The average molecular weight is 221 g/mol. The Kier molecular flexibility index (Phi) is 4.45. The van der Waals surface area contributed by atoms with Gasteiger partial charge in [-0.2, -0.15) is 0 Å². The predicted octanol–water partition coefficient (Wildman–Crippen LogP) is -1.82. The van der Waals surface area contributed by atoms with Crippen molar-refractivity contribution in [3.8, 4) is 0 Å². The molecule has 0 aliphatic carbocycles. The molecule has 6 nitrogen and oxygen atoms in total. The van der Waals surface area contributed by atoms with Crippen LogP contribution in [0.25, 0.3) is 0 Å². The topological polar surface area (TPSA) is 105 Å². The first-order chi connectivity index (χ1) is 6.93. The van der Waals surface area contributed by atoms with Gasteiger partial charge in [0.05, 0.1) is 12.7 Å². The average Bonchev–Trinajstić information content (AvgIpc) is 2.18. The van der Waals surface area contributed by atoms with Gasteiger partial charge in [0, 0.05) is 6.04 Å². The van der Waals surface area contributed by atoms with Gasteiger partial charge in [0.15, 0.2) is 6.29 Å². The molecular formula is C9H19NO5. The highest BCUT2D eigenvalue weighted by Crippen LogP contribution is 2.21. The van der Waals surface area contributed by atoms with Crippen LogP contribution in [-0.2, 0) is 9.47 Å². The number of nitrogens with two attached hydrogens (primary N) is 1. The summed E-state index contributed by atoms with van der Waals surface area (Å²) >= 11 is 0. The lowest BCUT2D eigenvalue weighted by atomic mass is 10.0. The fraction of sp³-hybridized carbons (Fsp3) is 1.00. The lowest BCUT2D eigenvalue weighted by Gasteiger charge is -2.39. The first kappa shape index (κ1) is 12.8. The van der Waals surface area contributed by atoms with Crippen molar-refractivity contribution in [2.24, 2.45) is 5.73 Å². The van der Waals surface area contributed by atoms with Crippen LogP contribution in [0.15, 0.2) is 0 Å². The quantitative estimate of drug-likeness (QED) is 0.447. The number of rotatable bonds is 3. The minimum atomic E-state index is -1.26. The first-order valence-electron chi connectivity index (χ1n) is 5.00. The summed E-state index contributed by atoms with van der Waals surface area (Å²) in [6.07, 6.45) is -5.14. The molecule has 6 heteroatoms. The molecule has 15 heavy (non-hydrogen) atoms. The van der Waals surface area contributed by atoms with Crippen molar-refractivity contribution >= 4 is 0 Å². The number of ether oxygens (including phenoxy) is 2. The van der Waals surface area contributed by atoms with Crippen molar-refractivity contribution in [1.82, 2.24) is 0 Å². The number of hydrogen-bond acceptors (Lipinski definition) is 6. The summed E-state index contributed by atoms with van der Waals surface area (Å²) in [6.45, 7) is 3.57. The smallest absolute Gasteiger partial charge is 0.186 e. The van der Waals surface area contributed by atoms with E-state index < -0.39 is 30.7 Å². The van der Waals surface area contributed by atoms with Crippen molar-refractivity contribution in [3.05, 3.63) is 0 Å². The second-order valence-corrected chi connectivity index (χ2v) is 3.99. The maximum absolute atomic E-state index is 9.54. The van der Waals surface area contributed by atoms with E-state index in [2.05, 4.69) is 0 Å². The molecular weight excluding hydrogens is 202 g/mol. The van der Waals surface area contributed by atoms with Gasteiger partial charge in [-0.1, -0.05) is 0 Å². The van der Waals surface area contributed by atoms with Gasteiger partial charge in [-0.05, 0) is 13.8 Å². The standard InChI is InChI=1S/C9H19NO5/c1-4(10)3-14-9-8(13)7(12)6(11)5(2)15-9/h4-9,11-13H,3,10H2,1-2H3/t4?,5-,6+,7+,8-,9-/m1/s1. The normalized spacial score (nSPS) is 44.0. The predicted molar refractivity (Wildman–Crippen MR) is 52.0 cm³/mol. The maximum atomic E-state index is 9.54. The summed E-state index contributed by atoms with van der Waals surface area (Å²) < 4.78 is 10.4. The SMILES string of the molecule is CC(N)CO[C@@H]1O[C@H](C)[C@H](O)[C@H](O)[C@H]1O. The van der Waals surface area contributed by atoms with Gasteiger partial charge in [0.1, 0.15) is 18.3 Å². The molecule has 1 unspecified atom stereocenters. The van der Waals surface area contributed by atoms with Crippen LogP contribution in [0.4, 0.5) is 0 Å². The lowest BCUT2D eigenvalue weighted by molar-refractivity contribution is -0.293. The molecule has 1 rings (SSSR count). The summed E-state index contributed by atoms with van der Waals surface area (Å²) in [6, 6.07) is -0.180. The van der Waals surface area contributed by atoms with Crippen LogP contribution in [-0.4, -0.2) is 58.7 Å². The monoisotopic (exact) mass is 221 g/mol. The minimum absolute atomic E-state index is 0.180. The Morgan fingerprint density at radius 1 is 1.27 bits per heavy atom. The fourth-order valence-electron chi connectivity index (χ4n) is 1.40. The van der Waals surface area contributed by atoms with Crippen LogP contribution >= 0.6 is 0 Å². The van der Waals surface area contributed by atoms with E-state index in [9.17, 15) is 15.3 Å². The minimum Gasteiger partial charge on any atom is -0.388 e. The Labute approximate surface area is 88.6 Å². The molecule has 0 bridgehead atoms. The molecule has 90 valence electrons. The van der Waals surface area contributed by atoms with Crippen LogP contribution in [0, 0.1) is 0 Å². The van der Waals surface area contributed by atoms with Gasteiger partial charge in [0.25, 0.3) is 0 Å². The van der Waals surface area contributed by atoms with Gasteiger partial charge in [-0.25, -0.2) is 0 Å². The molecule has 0 aromatic rings. The molecule has 1 fully saturated rings. The van der Waals surface area contributed by atoms with E-state index in [-0.39, 0.29) is 12.6 Å². The molecule has 1 aliphatic heterocycles. The molecule has 1 saturated heterocycles. The molecule has 0 spiro atoms. The number of aliphatic hydroxyl groups excluding tert-OH is 3. The molecule has 0 aromatic heterocycles. The van der Waals surface area contributed by atoms with Gasteiger partial charge in [-0.3, -0.25) is 0 Å². The highest BCUT2D eigenvalue weighted by molar-refractivity contribution is 4.87. The Balaban J connectivity index is 2.51. The maximum Gasteiger partial charge on any atom is 0.186 e. The largest absolute Gasteiger partial charge is 0.388 e. The molecule has 0 radical (unpaired) electrons. The molecule has 5 N–H and O–H groups in total. The van der Waals surface area contributed by atoms with Crippen LogP contribution in [0.3, 0.4) is 0 Å². The van der Waals surface area contributed by atoms with Crippen molar-refractivity contribution in [2.75, 3.05) is 6.61 Å². The first-order valence-corrected chi connectivity index (χ1v) is 5.00. The van der Waals surface area contributed by atoms with Crippen LogP contribution in [0.1, 0.15) is 13.8 Å². The van der Waals surface area contributed by atoms with E-state index in [1.165, 1.54) is 0 Å². The van der Waals surface area contributed by atoms with Gasteiger partial charge in [-0.15, -0.1) is 0 Å². The fourth-order valence-corrected chi connectivity index (χ4v) is 1.40.